The molecular weight excluding hydrogens is 364 g/mol. The van der Waals surface area contributed by atoms with Gasteiger partial charge in [-0.15, -0.1) is 6.58 Å². The lowest BCUT2D eigenvalue weighted by atomic mass is 9.70. The molecule has 1 aliphatic heterocycles. The van der Waals surface area contributed by atoms with E-state index in [9.17, 15) is 0 Å². The van der Waals surface area contributed by atoms with Crippen molar-refractivity contribution in [2.75, 3.05) is 13.1 Å². The largest absolute Gasteiger partial charge is 0.327 e. The first-order valence-corrected chi connectivity index (χ1v) is 12.1. The van der Waals surface area contributed by atoms with Gasteiger partial charge >= 0.3 is 0 Å². The first-order chi connectivity index (χ1) is 14.0. The van der Waals surface area contributed by atoms with E-state index in [4.69, 9.17) is 11.4 Å². The summed E-state index contributed by atoms with van der Waals surface area (Å²) in [5, 5.41) is 0. The van der Waals surface area contributed by atoms with Gasteiger partial charge in [0.1, 0.15) is 0 Å². The van der Waals surface area contributed by atoms with E-state index in [1.807, 2.05) is 6.08 Å². The van der Waals surface area contributed by atoms with Crippen molar-refractivity contribution in [3.8, 4) is 12.5 Å². The van der Waals surface area contributed by atoms with Gasteiger partial charge < -0.3 is 4.90 Å². The lowest BCUT2D eigenvalue weighted by molar-refractivity contribution is 0.109. The van der Waals surface area contributed by atoms with Crippen LogP contribution in [0.25, 0.3) is 0 Å². The highest BCUT2D eigenvalue weighted by atomic mass is 15.2. The van der Waals surface area contributed by atoms with Gasteiger partial charge in [0.15, 0.2) is 0 Å². The summed E-state index contributed by atoms with van der Waals surface area (Å²) < 4.78 is 0. The third kappa shape index (κ3) is 6.76. The maximum atomic E-state index is 5.95. The minimum atomic E-state index is 0.169. The highest BCUT2D eigenvalue weighted by Crippen LogP contribution is 2.38. The van der Waals surface area contributed by atoms with E-state index in [2.05, 4.69) is 79.5 Å². The molecular formula is C28H48N2. The summed E-state index contributed by atoms with van der Waals surface area (Å²) in [5.74, 6) is 2.47. The fourth-order valence-electron chi connectivity index (χ4n) is 5.52. The van der Waals surface area contributed by atoms with Crippen LogP contribution in [0.4, 0.5) is 0 Å². The van der Waals surface area contributed by atoms with Crippen LogP contribution in [-0.2, 0) is 0 Å². The molecule has 1 rings (SSSR count). The molecule has 0 aliphatic carbocycles. The zero-order valence-corrected chi connectivity index (χ0v) is 21.2. The van der Waals surface area contributed by atoms with Crippen molar-refractivity contribution in [3.05, 3.63) is 24.8 Å². The average Bonchev–Trinajstić information content (AvgIpc) is 2.85. The molecule has 0 fully saturated rings. The Kier molecular flexibility index (Phi) is 10.4. The van der Waals surface area contributed by atoms with Gasteiger partial charge in [0.2, 0.25) is 0 Å². The highest BCUT2D eigenvalue weighted by Gasteiger charge is 2.41. The van der Waals surface area contributed by atoms with Crippen molar-refractivity contribution in [2.45, 2.75) is 87.1 Å². The number of hydrogen-bond donors (Lipinski definition) is 0. The molecule has 0 amide bonds. The molecule has 0 saturated carbocycles. The lowest BCUT2D eigenvalue weighted by Crippen LogP contribution is -2.49. The Morgan fingerprint density at radius 3 is 2.47 bits per heavy atom. The summed E-state index contributed by atoms with van der Waals surface area (Å²) >= 11 is 0. The monoisotopic (exact) mass is 412 g/mol. The van der Waals surface area contributed by atoms with Gasteiger partial charge in [-0.2, -0.15) is 0 Å². The van der Waals surface area contributed by atoms with Crippen LogP contribution in [0.1, 0.15) is 81.1 Å². The van der Waals surface area contributed by atoms with Crippen molar-refractivity contribution in [1.82, 2.24) is 4.90 Å². The van der Waals surface area contributed by atoms with Crippen molar-refractivity contribution >= 4 is 5.71 Å². The van der Waals surface area contributed by atoms with E-state index < -0.39 is 0 Å². The zero-order valence-electron chi connectivity index (χ0n) is 21.2. The second-order valence-corrected chi connectivity index (χ2v) is 10.6. The summed E-state index contributed by atoms with van der Waals surface area (Å²) in [5.41, 5.74) is 2.84. The van der Waals surface area contributed by atoms with Crippen LogP contribution >= 0.6 is 0 Å². The van der Waals surface area contributed by atoms with Gasteiger partial charge in [-0.1, -0.05) is 86.5 Å². The van der Waals surface area contributed by atoms with Crippen LogP contribution in [-0.4, -0.2) is 29.7 Å². The normalized spacial score (nSPS) is 24.1. The van der Waals surface area contributed by atoms with Crippen molar-refractivity contribution in [2.24, 2.45) is 40.0 Å². The van der Waals surface area contributed by atoms with Gasteiger partial charge in [-0.05, 0) is 48.3 Å². The molecule has 6 atom stereocenters. The standard InChI is InChI=1S/C28H48N2/c1-12-15-28(10,11)27-25(9)26(29-16-17-30(27)14-3)24(8)19-23(7)22(6)18-21(5)20(4)13-2/h3,13,20,22-25,27H,2,5,12,15-19H2,1,4,6-11H3/t20?,22-,23?,24-,25?,27?/m1/s1. The van der Waals surface area contributed by atoms with Crippen LogP contribution in [0.5, 0.6) is 0 Å². The highest BCUT2D eigenvalue weighted by molar-refractivity contribution is 5.89. The van der Waals surface area contributed by atoms with E-state index in [0.717, 1.165) is 25.9 Å². The smallest absolute Gasteiger partial charge is 0.0571 e. The molecule has 30 heavy (non-hydrogen) atoms. The average molecular weight is 413 g/mol. The zero-order chi connectivity index (χ0) is 23.1. The third-order valence-corrected chi connectivity index (χ3v) is 7.56. The molecule has 0 N–H and O–H groups in total. The fraction of sp³-hybridized carbons (Fsp3) is 0.750. The van der Waals surface area contributed by atoms with Gasteiger partial charge in [0.05, 0.1) is 12.6 Å². The van der Waals surface area contributed by atoms with Crippen molar-refractivity contribution < 1.29 is 0 Å². The Morgan fingerprint density at radius 1 is 1.30 bits per heavy atom. The molecule has 2 nitrogen and oxygen atoms in total. The summed E-state index contributed by atoms with van der Waals surface area (Å²) in [4.78, 5) is 7.32. The first-order valence-electron chi connectivity index (χ1n) is 12.1. The molecule has 1 aliphatic rings. The summed E-state index contributed by atoms with van der Waals surface area (Å²) in [6, 6.07) is 3.33. The van der Waals surface area contributed by atoms with Gasteiger partial charge in [-0.3, -0.25) is 4.99 Å². The predicted molar refractivity (Wildman–Crippen MR) is 135 cm³/mol. The van der Waals surface area contributed by atoms with Gasteiger partial charge in [0.25, 0.3) is 0 Å². The van der Waals surface area contributed by atoms with Crippen LogP contribution in [0, 0.1) is 47.5 Å². The lowest BCUT2D eigenvalue weighted by Gasteiger charge is -2.44. The summed E-state index contributed by atoms with van der Waals surface area (Å²) in [6.07, 6.45) is 12.5. The van der Waals surface area contributed by atoms with E-state index in [-0.39, 0.29) is 5.41 Å². The second kappa shape index (κ2) is 11.8. The van der Waals surface area contributed by atoms with E-state index >= 15 is 0 Å². The minimum absolute atomic E-state index is 0.169. The molecule has 170 valence electrons. The molecule has 0 bridgehead atoms. The number of aliphatic imine (C=N–C) groups is 1. The Morgan fingerprint density at radius 2 is 1.93 bits per heavy atom. The van der Waals surface area contributed by atoms with Gasteiger partial charge in [0, 0.05) is 24.2 Å². The fourth-order valence-corrected chi connectivity index (χ4v) is 5.52. The van der Waals surface area contributed by atoms with Crippen molar-refractivity contribution in [3.63, 3.8) is 0 Å². The van der Waals surface area contributed by atoms with Crippen LogP contribution in [0.2, 0.25) is 0 Å². The maximum Gasteiger partial charge on any atom is 0.0571 e. The molecule has 0 aromatic heterocycles. The van der Waals surface area contributed by atoms with Gasteiger partial charge in [-0.25, -0.2) is 0 Å². The van der Waals surface area contributed by atoms with E-state index in [1.165, 1.54) is 24.1 Å². The number of allylic oxidation sites excluding steroid dienone is 2. The SMILES string of the molecule is C#CN1CCN=C([C@H](C)CC(C)[C@H](C)CC(=C)C(C)C=C)C(C)C1C(C)(C)CCC. The second-order valence-electron chi connectivity index (χ2n) is 10.6. The van der Waals surface area contributed by atoms with E-state index in [1.54, 1.807) is 0 Å². The quantitative estimate of drug-likeness (QED) is 0.258. The molecule has 4 unspecified atom stereocenters. The van der Waals surface area contributed by atoms with Crippen LogP contribution < -0.4 is 0 Å². The summed E-state index contributed by atoms with van der Waals surface area (Å²) in [7, 11) is 0. The number of rotatable bonds is 11. The number of hydrogen-bond acceptors (Lipinski definition) is 2. The van der Waals surface area contributed by atoms with Crippen LogP contribution in [0.3, 0.4) is 0 Å². The molecule has 0 radical (unpaired) electrons. The molecule has 2 heteroatoms. The first kappa shape index (κ1) is 26.5. The number of nitrogens with zero attached hydrogens (tertiary/aromatic N) is 2. The molecule has 0 aromatic carbocycles. The minimum Gasteiger partial charge on any atom is -0.327 e. The Labute approximate surface area is 188 Å². The molecule has 1 heterocycles. The Bertz CT molecular complexity index is 636. The molecule has 0 spiro atoms. The molecule has 0 saturated heterocycles. The van der Waals surface area contributed by atoms with Crippen molar-refractivity contribution in [1.29, 1.82) is 0 Å². The Hall–Kier alpha value is -1.49. The predicted octanol–water partition coefficient (Wildman–Crippen LogP) is 7.23. The summed E-state index contributed by atoms with van der Waals surface area (Å²) in [6.45, 7) is 28.6. The number of terminal acetylenes is 1. The topological polar surface area (TPSA) is 15.6 Å². The van der Waals surface area contributed by atoms with Crippen LogP contribution in [0.15, 0.2) is 29.8 Å². The maximum absolute atomic E-state index is 5.95. The van der Waals surface area contributed by atoms with E-state index in [0.29, 0.717) is 35.6 Å². The Balaban J connectivity index is 2.95. The molecule has 0 aromatic rings. The third-order valence-electron chi connectivity index (χ3n) is 7.56.